The molecule has 0 radical (unpaired) electrons. The largest absolute Gasteiger partial charge is 0.450 e. The number of carbonyl (C=O) groups excluding carboxylic acids is 3. The lowest BCUT2D eigenvalue weighted by atomic mass is 10.1. The Morgan fingerprint density at radius 2 is 2.05 bits per heavy atom. The fourth-order valence-corrected chi connectivity index (χ4v) is 1.47. The third kappa shape index (κ3) is 5.02. The van der Waals surface area contributed by atoms with Crippen LogP contribution in [0.15, 0.2) is 18.2 Å². The van der Waals surface area contributed by atoms with Crippen LogP contribution < -0.4 is 11.2 Å². The Morgan fingerprint density at radius 1 is 1.36 bits per heavy atom. The van der Waals surface area contributed by atoms with Gasteiger partial charge in [0, 0.05) is 6.92 Å². The van der Waals surface area contributed by atoms with Gasteiger partial charge in [0.2, 0.25) is 6.10 Å². The highest BCUT2D eigenvalue weighted by Crippen LogP contribution is 2.16. The van der Waals surface area contributed by atoms with Gasteiger partial charge in [0.1, 0.15) is 5.82 Å². The van der Waals surface area contributed by atoms with Crippen molar-refractivity contribution in [3.63, 3.8) is 0 Å². The molecule has 1 unspecified atom stereocenters. The maximum atomic E-state index is 13.0. The second-order valence-corrected chi connectivity index (χ2v) is 4.15. The summed E-state index contributed by atoms with van der Waals surface area (Å²) < 4.78 is 17.7. The van der Waals surface area contributed by atoms with Gasteiger partial charge in [0.05, 0.1) is 11.3 Å². The maximum absolute atomic E-state index is 13.0. The normalized spacial score (nSPS) is 11.4. The van der Waals surface area contributed by atoms with Crippen LogP contribution >= 0.6 is 0 Å². The highest BCUT2D eigenvalue weighted by atomic mass is 19.1. The summed E-state index contributed by atoms with van der Waals surface area (Å²) in [4.78, 5) is 42.3. The lowest BCUT2D eigenvalue weighted by molar-refractivity contribution is -0.263. The van der Waals surface area contributed by atoms with Gasteiger partial charge in [0.25, 0.3) is 5.91 Å². The Hall–Kier alpha value is -2.68. The molecule has 1 aromatic rings. The van der Waals surface area contributed by atoms with E-state index in [1.165, 1.54) is 6.07 Å². The van der Waals surface area contributed by atoms with Crippen LogP contribution in [0, 0.1) is 5.82 Å². The molecule has 22 heavy (non-hydrogen) atoms. The molecule has 1 aromatic carbocycles. The molecule has 0 saturated carbocycles. The number of primary amides is 1. The highest BCUT2D eigenvalue weighted by molar-refractivity contribution is 5.98. The molecule has 0 aliphatic rings. The molecule has 0 bridgehead atoms. The number of rotatable bonds is 7. The summed E-state index contributed by atoms with van der Waals surface area (Å²) in [6.07, 6.45) is -0.937. The molecule has 120 valence electrons. The molecule has 0 spiro atoms. The molecule has 1 amide bonds. The number of hydrogen-bond donors (Lipinski definition) is 2. The fraction of sp³-hybridized carbons (Fsp3) is 0.308. The van der Waals surface area contributed by atoms with Crippen molar-refractivity contribution < 1.29 is 33.4 Å². The minimum Gasteiger partial charge on any atom is -0.450 e. The van der Waals surface area contributed by atoms with Crippen LogP contribution in [0.1, 0.15) is 30.6 Å². The predicted octanol–water partition coefficient (Wildman–Crippen LogP) is 1.07. The van der Waals surface area contributed by atoms with Gasteiger partial charge in [0.15, 0.2) is 0 Å². The van der Waals surface area contributed by atoms with Crippen LogP contribution in [0.25, 0.3) is 0 Å². The molecule has 1 rings (SSSR count). The number of benzene rings is 1. The zero-order valence-corrected chi connectivity index (χ0v) is 11.9. The third-order valence-corrected chi connectivity index (χ3v) is 2.46. The van der Waals surface area contributed by atoms with E-state index in [9.17, 15) is 18.8 Å². The smallest absolute Gasteiger partial charge is 0.385 e. The second-order valence-electron chi connectivity index (χ2n) is 4.15. The van der Waals surface area contributed by atoms with E-state index in [4.69, 9.17) is 10.5 Å². The Kier molecular flexibility index (Phi) is 6.26. The first kappa shape index (κ1) is 17.4. The summed E-state index contributed by atoms with van der Waals surface area (Å²) in [6, 6.07) is 3.11. The molecule has 0 heterocycles. The van der Waals surface area contributed by atoms with Gasteiger partial charge < -0.3 is 10.5 Å². The van der Waals surface area contributed by atoms with E-state index in [1.54, 1.807) is 6.92 Å². The quantitative estimate of drug-likeness (QED) is 0.439. The number of amides is 1. The first-order valence-corrected chi connectivity index (χ1v) is 6.25. The van der Waals surface area contributed by atoms with Gasteiger partial charge in [-0.1, -0.05) is 11.9 Å². The van der Waals surface area contributed by atoms with Crippen LogP contribution in [0.2, 0.25) is 0 Å². The van der Waals surface area contributed by atoms with Gasteiger partial charge in [-0.25, -0.2) is 14.7 Å². The monoisotopic (exact) mass is 314 g/mol. The molecule has 3 N–H and O–H groups in total. The lowest BCUT2D eigenvalue weighted by Gasteiger charge is -2.13. The second kappa shape index (κ2) is 7.93. The van der Waals surface area contributed by atoms with Crippen molar-refractivity contribution in [3.05, 3.63) is 29.6 Å². The third-order valence-electron chi connectivity index (χ3n) is 2.46. The number of carbonyl (C=O) groups is 3. The predicted molar refractivity (Wildman–Crippen MR) is 71.6 cm³/mol. The standard InChI is InChI=1S/C13H15FN2O6/c1-3-11(20-7(2)17)13(19)21-22-16-10-5-4-8(14)6-9(10)12(15)18/h4-6,11,16H,3H2,1-2H3,(H2,15,18). The fourth-order valence-electron chi connectivity index (χ4n) is 1.47. The van der Waals surface area contributed by atoms with Crippen LogP contribution in [0.5, 0.6) is 0 Å². The van der Waals surface area contributed by atoms with Crippen molar-refractivity contribution in [2.75, 3.05) is 5.48 Å². The number of ether oxygens (including phenoxy) is 1. The van der Waals surface area contributed by atoms with Gasteiger partial charge in [-0.2, -0.15) is 0 Å². The topological polar surface area (TPSA) is 117 Å². The van der Waals surface area contributed by atoms with Crippen molar-refractivity contribution in [1.82, 2.24) is 0 Å². The summed E-state index contributed by atoms with van der Waals surface area (Å²) in [5, 5.41) is 0. The van der Waals surface area contributed by atoms with Crippen molar-refractivity contribution in [2.45, 2.75) is 26.4 Å². The van der Waals surface area contributed by atoms with E-state index >= 15 is 0 Å². The molecule has 1 atom stereocenters. The van der Waals surface area contributed by atoms with Crippen LogP contribution in [-0.4, -0.2) is 23.9 Å². The molecular weight excluding hydrogens is 299 g/mol. The van der Waals surface area contributed by atoms with E-state index in [1.807, 2.05) is 0 Å². The first-order valence-electron chi connectivity index (χ1n) is 6.25. The highest BCUT2D eigenvalue weighted by Gasteiger charge is 2.22. The van der Waals surface area contributed by atoms with E-state index < -0.39 is 29.8 Å². The minimum absolute atomic E-state index is 0.00207. The summed E-state index contributed by atoms with van der Waals surface area (Å²) in [6.45, 7) is 2.75. The van der Waals surface area contributed by atoms with Gasteiger partial charge in [-0.15, -0.1) is 0 Å². The van der Waals surface area contributed by atoms with Crippen molar-refractivity contribution in [3.8, 4) is 0 Å². The van der Waals surface area contributed by atoms with Crippen LogP contribution in [0.4, 0.5) is 10.1 Å². The Balaban J connectivity index is 2.62. The molecule has 0 fully saturated rings. The summed E-state index contributed by atoms with van der Waals surface area (Å²) in [7, 11) is 0. The maximum Gasteiger partial charge on any atom is 0.385 e. The van der Waals surface area contributed by atoms with Crippen LogP contribution in [-0.2, 0) is 24.2 Å². The Labute approximate surface area is 125 Å². The number of nitrogens with one attached hydrogen (secondary N) is 1. The zero-order valence-electron chi connectivity index (χ0n) is 11.9. The van der Waals surface area contributed by atoms with Crippen molar-refractivity contribution >= 4 is 23.5 Å². The summed E-state index contributed by atoms with van der Waals surface area (Å²) in [5.74, 6) is -3.17. The Bertz CT molecular complexity index is 578. The van der Waals surface area contributed by atoms with Gasteiger partial charge >= 0.3 is 11.9 Å². The lowest BCUT2D eigenvalue weighted by Crippen LogP contribution is -2.28. The zero-order chi connectivity index (χ0) is 16.7. The number of nitrogens with two attached hydrogens (primary N) is 1. The van der Waals surface area contributed by atoms with E-state index in [2.05, 4.69) is 15.4 Å². The summed E-state index contributed by atoms with van der Waals surface area (Å²) in [5.41, 5.74) is 7.02. The molecule has 0 saturated heterocycles. The average Bonchev–Trinajstić information content (AvgIpc) is 2.45. The van der Waals surface area contributed by atoms with Gasteiger partial charge in [-0.05, 0) is 24.6 Å². The number of anilines is 1. The van der Waals surface area contributed by atoms with Gasteiger partial charge in [-0.3, -0.25) is 14.5 Å². The number of esters is 1. The molecular formula is C13H15FN2O6. The van der Waals surface area contributed by atoms with E-state index in [0.717, 1.165) is 19.1 Å². The molecule has 0 aliphatic carbocycles. The average molecular weight is 314 g/mol. The van der Waals surface area contributed by atoms with E-state index in [-0.39, 0.29) is 17.7 Å². The SMILES string of the molecule is CCC(OC(C)=O)C(=O)OONc1ccc(F)cc1C(N)=O. The molecule has 9 heteroatoms. The first-order chi connectivity index (χ1) is 10.3. The molecule has 0 aliphatic heterocycles. The van der Waals surface area contributed by atoms with Crippen LogP contribution in [0.3, 0.4) is 0 Å². The van der Waals surface area contributed by atoms with Crippen molar-refractivity contribution in [1.29, 1.82) is 0 Å². The number of hydrogen-bond acceptors (Lipinski definition) is 7. The molecule has 0 aromatic heterocycles. The van der Waals surface area contributed by atoms with E-state index in [0.29, 0.717) is 0 Å². The summed E-state index contributed by atoms with van der Waals surface area (Å²) >= 11 is 0. The number of halogens is 1. The Morgan fingerprint density at radius 3 is 2.59 bits per heavy atom. The molecule has 8 nitrogen and oxygen atoms in total. The van der Waals surface area contributed by atoms with Crippen molar-refractivity contribution in [2.24, 2.45) is 5.73 Å². The minimum atomic E-state index is -1.12.